The molecule has 1 saturated heterocycles. The van der Waals surface area contributed by atoms with Gasteiger partial charge in [-0.1, -0.05) is 30.3 Å². The molecule has 0 radical (unpaired) electrons. The number of aromatic nitrogens is 2. The summed E-state index contributed by atoms with van der Waals surface area (Å²) in [5.74, 6) is -0.0161. The van der Waals surface area contributed by atoms with Gasteiger partial charge in [-0.05, 0) is 49.6 Å². The molecule has 3 heterocycles. The first kappa shape index (κ1) is 25.8. The maximum atomic E-state index is 13.7. The van der Waals surface area contributed by atoms with Crippen LogP contribution in [0.1, 0.15) is 30.9 Å². The summed E-state index contributed by atoms with van der Waals surface area (Å²) in [4.78, 5) is 22.4. The maximum absolute atomic E-state index is 13.7. The predicted molar refractivity (Wildman–Crippen MR) is 132 cm³/mol. The molecule has 0 spiro atoms. The Balaban J connectivity index is 1.56. The van der Waals surface area contributed by atoms with E-state index in [2.05, 4.69) is 14.7 Å². The zero-order valence-electron chi connectivity index (χ0n) is 19.4. The number of rotatable bonds is 7. The first-order chi connectivity index (χ1) is 17.1. The highest BCUT2D eigenvalue weighted by atomic mass is 32.2. The van der Waals surface area contributed by atoms with Gasteiger partial charge in [-0.25, -0.2) is 9.97 Å². The number of carboxylic acid groups (broad SMARTS) is 1. The van der Waals surface area contributed by atoms with Crippen molar-refractivity contribution < 1.29 is 28.2 Å². The lowest BCUT2D eigenvalue weighted by Crippen LogP contribution is -2.46. The smallest absolute Gasteiger partial charge is 0.418 e. The van der Waals surface area contributed by atoms with E-state index < -0.39 is 29.7 Å². The van der Waals surface area contributed by atoms with E-state index in [1.165, 1.54) is 12.1 Å². The quantitative estimate of drug-likeness (QED) is 0.355. The lowest BCUT2D eigenvalue weighted by Gasteiger charge is -2.38. The van der Waals surface area contributed by atoms with Crippen molar-refractivity contribution in [2.75, 3.05) is 22.7 Å². The monoisotopic (exact) mass is 518 g/mol. The topological polar surface area (TPSA) is 98.6 Å². The van der Waals surface area contributed by atoms with Crippen LogP contribution in [0.15, 0.2) is 59.6 Å². The van der Waals surface area contributed by atoms with E-state index in [1.54, 1.807) is 43.3 Å². The van der Waals surface area contributed by atoms with E-state index in [0.717, 1.165) is 24.4 Å². The fourth-order valence-electron chi connectivity index (χ4n) is 4.19. The Hall–Kier alpha value is -3.31. The van der Waals surface area contributed by atoms with Crippen molar-refractivity contribution >= 4 is 29.6 Å². The van der Waals surface area contributed by atoms with Crippen LogP contribution < -0.4 is 9.62 Å². The zero-order chi connectivity index (χ0) is 25.9. The van der Waals surface area contributed by atoms with Crippen molar-refractivity contribution in [3.8, 4) is 11.3 Å². The van der Waals surface area contributed by atoms with Gasteiger partial charge < -0.3 is 19.8 Å². The molecule has 7 nitrogen and oxygen atoms in total. The summed E-state index contributed by atoms with van der Waals surface area (Å²) in [6.07, 6.45) is -3.30. The molecule has 1 aromatic carbocycles. The number of pyridine rings is 2. The second-order valence-electron chi connectivity index (χ2n) is 8.83. The molecule has 1 atom stereocenters. The van der Waals surface area contributed by atoms with Crippen molar-refractivity contribution in [2.24, 2.45) is 5.41 Å². The number of aliphatic carboxylic acids is 1. The molecular formula is C25H25F3N4O3S. The maximum Gasteiger partial charge on any atom is 0.418 e. The number of benzene rings is 1. The van der Waals surface area contributed by atoms with E-state index in [9.17, 15) is 28.2 Å². The molecule has 1 fully saturated rings. The predicted octanol–water partition coefficient (Wildman–Crippen LogP) is 5.47. The summed E-state index contributed by atoms with van der Waals surface area (Å²) < 4.78 is 44.0. The van der Waals surface area contributed by atoms with Gasteiger partial charge in [0.15, 0.2) is 0 Å². The second kappa shape index (κ2) is 10.4. The van der Waals surface area contributed by atoms with Crippen LogP contribution in [-0.4, -0.2) is 39.2 Å². The third kappa shape index (κ3) is 5.57. The molecule has 3 aromatic rings. The van der Waals surface area contributed by atoms with Crippen LogP contribution in [0.5, 0.6) is 0 Å². The number of nitrogens with zero attached hydrogens (tertiary/aromatic N) is 3. The zero-order valence-corrected chi connectivity index (χ0v) is 20.2. The molecule has 1 aliphatic heterocycles. The van der Waals surface area contributed by atoms with Crippen molar-refractivity contribution in [3.63, 3.8) is 0 Å². The molecule has 1 unspecified atom stereocenters. The minimum Gasteiger partial charge on any atom is -0.481 e. The number of aliphatic hydroxyl groups is 1. The number of carbonyl (C=O) groups is 1. The van der Waals surface area contributed by atoms with Crippen LogP contribution in [-0.2, 0) is 17.6 Å². The van der Waals surface area contributed by atoms with Crippen LogP contribution in [0.2, 0.25) is 0 Å². The molecule has 190 valence electrons. The number of nitrogens with one attached hydrogen (secondary N) is 1. The molecule has 0 saturated carbocycles. The highest BCUT2D eigenvalue weighted by Gasteiger charge is 2.38. The minimum atomic E-state index is -4.62. The number of hydrogen-bond acceptors (Lipinski definition) is 7. The average Bonchev–Trinajstić information content (AvgIpc) is 2.87. The van der Waals surface area contributed by atoms with Gasteiger partial charge >= 0.3 is 12.1 Å². The van der Waals surface area contributed by atoms with Crippen LogP contribution in [0.3, 0.4) is 0 Å². The van der Waals surface area contributed by atoms with E-state index in [0.29, 0.717) is 35.9 Å². The molecule has 3 N–H and O–H groups in total. The van der Waals surface area contributed by atoms with Crippen molar-refractivity contribution in [1.82, 2.24) is 9.97 Å². The molecule has 0 aliphatic carbocycles. The van der Waals surface area contributed by atoms with E-state index in [1.807, 2.05) is 4.90 Å². The number of alkyl halides is 3. The molecule has 0 amide bonds. The lowest BCUT2D eigenvalue weighted by atomic mass is 9.82. The molecule has 1 aliphatic rings. The van der Waals surface area contributed by atoms with Crippen LogP contribution >= 0.6 is 11.9 Å². The number of carboxylic acids is 1. The van der Waals surface area contributed by atoms with Crippen LogP contribution in [0, 0.1) is 5.41 Å². The molecular weight excluding hydrogens is 493 g/mol. The van der Waals surface area contributed by atoms with E-state index in [-0.39, 0.29) is 17.1 Å². The van der Waals surface area contributed by atoms with E-state index >= 15 is 0 Å². The third-order valence-electron chi connectivity index (χ3n) is 6.15. The number of anilines is 2. The Morgan fingerprint density at radius 3 is 2.64 bits per heavy atom. The second-order valence-corrected chi connectivity index (χ2v) is 9.66. The Morgan fingerprint density at radius 2 is 1.92 bits per heavy atom. The van der Waals surface area contributed by atoms with Crippen LogP contribution in [0.4, 0.5) is 24.8 Å². The average molecular weight is 519 g/mol. The van der Waals surface area contributed by atoms with Crippen molar-refractivity contribution in [1.29, 1.82) is 0 Å². The van der Waals surface area contributed by atoms with Gasteiger partial charge in [0.1, 0.15) is 16.7 Å². The third-order valence-corrected chi connectivity index (χ3v) is 6.90. The van der Waals surface area contributed by atoms with Gasteiger partial charge in [0.2, 0.25) is 0 Å². The SMILES string of the molecule is CC1(C(=O)O)CCCN(c2cccc(SNc3ccc(C(F)(F)F)c(-c4ccccc4CO)n3)n2)C1. The highest BCUT2D eigenvalue weighted by Crippen LogP contribution is 2.38. The van der Waals surface area contributed by atoms with Crippen molar-refractivity contribution in [3.05, 3.63) is 65.7 Å². The Labute approximate surface area is 210 Å². The Kier molecular flexibility index (Phi) is 7.41. The standard InChI is InChI=1S/C25H25F3N4O3S/c1-24(23(34)35)12-5-13-32(15-24)20-8-4-9-21(30-20)36-31-19-11-10-18(25(26,27)28)22(29-19)17-7-3-2-6-16(17)14-33/h2-4,6-11,33H,5,12-15H2,1H3,(H,29,31)(H,34,35). The number of halogens is 3. The largest absolute Gasteiger partial charge is 0.481 e. The fraction of sp³-hybridized carbons (Fsp3) is 0.320. The summed E-state index contributed by atoms with van der Waals surface area (Å²) in [5.41, 5.74) is -1.49. The number of aliphatic hydroxyl groups excluding tert-OH is 1. The lowest BCUT2D eigenvalue weighted by molar-refractivity contribution is -0.148. The van der Waals surface area contributed by atoms with Gasteiger partial charge in [-0.3, -0.25) is 4.79 Å². The Morgan fingerprint density at radius 1 is 1.14 bits per heavy atom. The van der Waals surface area contributed by atoms with E-state index in [4.69, 9.17) is 0 Å². The first-order valence-electron chi connectivity index (χ1n) is 11.3. The summed E-state index contributed by atoms with van der Waals surface area (Å²) in [6.45, 7) is 2.33. The minimum absolute atomic E-state index is 0.194. The molecule has 11 heteroatoms. The highest BCUT2D eigenvalue weighted by molar-refractivity contribution is 8.00. The van der Waals surface area contributed by atoms with Gasteiger partial charge in [-0.2, -0.15) is 13.2 Å². The summed E-state index contributed by atoms with van der Waals surface area (Å²) in [7, 11) is 0. The van der Waals surface area contributed by atoms with Crippen molar-refractivity contribution in [2.45, 2.75) is 37.6 Å². The van der Waals surface area contributed by atoms with Crippen LogP contribution in [0.25, 0.3) is 11.3 Å². The fourth-order valence-corrected chi connectivity index (χ4v) is 4.80. The molecule has 2 aromatic heterocycles. The molecule has 36 heavy (non-hydrogen) atoms. The Bertz CT molecular complexity index is 1260. The molecule has 0 bridgehead atoms. The summed E-state index contributed by atoms with van der Waals surface area (Å²) in [5, 5.41) is 19.7. The number of hydrogen-bond donors (Lipinski definition) is 3. The summed E-state index contributed by atoms with van der Waals surface area (Å²) >= 11 is 1.09. The molecule has 4 rings (SSSR count). The van der Waals surface area contributed by atoms with Gasteiger partial charge in [0, 0.05) is 30.6 Å². The van der Waals surface area contributed by atoms with Gasteiger partial charge in [0.25, 0.3) is 0 Å². The first-order valence-corrected chi connectivity index (χ1v) is 12.1. The number of piperidine rings is 1. The van der Waals surface area contributed by atoms with Gasteiger partial charge in [0.05, 0.1) is 23.3 Å². The summed E-state index contributed by atoms with van der Waals surface area (Å²) in [6, 6.07) is 13.8. The van der Waals surface area contributed by atoms with Gasteiger partial charge in [-0.15, -0.1) is 0 Å². The normalized spacial score (nSPS) is 18.2.